The number of ketones is 1. The molecule has 1 aromatic heterocycles. The molecule has 0 unspecified atom stereocenters. The standard InChI is InChI=1S/C15H25N3O/c16-10-5-4-8-15(19)12-13-9-11-18(17-13)14-6-2-1-3-7-14/h9,11,14H,1-8,10,12,16H2. The van der Waals surface area contributed by atoms with Gasteiger partial charge < -0.3 is 5.73 Å². The third kappa shape index (κ3) is 4.46. The van der Waals surface area contributed by atoms with Crippen molar-refractivity contribution in [1.29, 1.82) is 0 Å². The molecule has 2 rings (SSSR count). The van der Waals surface area contributed by atoms with Crippen LogP contribution in [-0.4, -0.2) is 22.1 Å². The summed E-state index contributed by atoms with van der Waals surface area (Å²) in [7, 11) is 0. The first-order valence-electron chi connectivity index (χ1n) is 7.55. The summed E-state index contributed by atoms with van der Waals surface area (Å²) in [5.41, 5.74) is 6.35. The van der Waals surface area contributed by atoms with Crippen molar-refractivity contribution in [3.8, 4) is 0 Å². The van der Waals surface area contributed by atoms with Gasteiger partial charge in [-0.05, 0) is 38.3 Å². The van der Waals surface area contributed by atoms with Crippen molar-refractivity contribution in [2.24, 2.45) is 5.73 Å². The number of hydrogen-bond donors (Lipinski definition) is 1. The Morgan fingerprint density at radius 3 is 2.84 bits per heavy atom. The molecule has 2 N–H and O–H groups in total. The molecule has 1 aliphatic carbocycles. The Bertz CT molecular complexity index is 394. The van der Waals surface area contributed by atoms with E-state index in [9.17, 15) is 4.79 Å². The van der Waals surface area contributed by atoms with Crippen LogP contribution in [0, 0.1) is 0 Å². The summed E-state index contributed by atoms with van der Waals surface area (Å²) in [5, 5.41) is 4.57. The van der Waals surface area contributed by atoms with E-state index in [0.29, 0.717) is 25.4 Å². The minimum Gasteiger partial charge on any atom is -0.330 e. The number of nitrogens with two attached hydrogens (primary N) is 1. The van der Waals surface area contributed by atoms with E-state index in [0.717, 1.165) is 18.5 Å². The lowest BCUT2D eigenvalue weighted by atomic mass is 9.96. The lowest BCUT2D eigenvalue weighted by molar-refractivity contribution is -0.118. The molecular formula is C15H25N3O. The van der Waals surface area contributed by atoms with E-state index in [1.165, 1.54) is 32.1 Å². The number of nitrogens with zero attached hydrogens (tertiary/aromatic N) is 2. The Morgan fingerprint density at radius 1 is 1.32 bits per heavy atom. The predicted molar refractivity (Wildman–Crippen MR) is 76.0 cm³/mol. The number of unbranched alkanes of at least 4 members (excludes halogenated alkanes) is 1. The first-order chi connectivity index (χ1) is 9.29. The monoisotopic (exact) mass is 263 g/mol. The lowest BCUT2D eigenvalue weighted by Gasteiger charge is -2.21. The van der Waals surface area contributed by atoms with E-state index < -0.39 is 0 Å². The van der Waals surface area contributed by atoms with Gasteiger partial charge in [0.15, 0.2) is 0 Å². The highest BCUT2D eigenvalue weighted by Crippen LogP contribution is 2.27. The summed E-state index contributed by atoms with van der Waals surface area (Å²) in [5.74, 6) is 0.280. The molecule has 4 nitrogen and oxygen atoms in total. The average Bonchev–Trinajstić information content (AvgIpc) is 2.88. The largest absolute Gasteiger partial charge is 0.330 e. The summed E-state index contributed by atoms with van der Waals surface area (Å²) in [4.78, 5) is 11.8. The van der Waals surface area contributed by atoms with Crippen LogP contribution in [0.2, 0.25) is 0 Å². The summed E-state index contributed by atoms with van der Waals surface area (Å²) < 4.78 is 2.07. The summed E-state index contributed by atoms with van der Waals surface area (Å²) in [6.07, 6.45) is 11.4. The molecule has 1 heterocycles. The number of aromatic nitrogens is 2. The minimum atomic E-state index is 0.280. The highest BCUT2D eigenvalue weighted by atomic mass is 16.1. The Hall–Kier alpha value is -1.16. The Balaban J connectivity index is 1.81. The van der Waals surface area contributed by atoms with Gasteiger partial charge in [0.2, 0.25) is 0 Å². The third-order valence-electron chi connectivity index (χ3n) is 3.90. The van der Waals surface area contributed by atoms with Gasteiger partial charge in [0.25, 0.3) is 0 Å². The maximum atomic E-state index is 11.8. The van der Waals surface area contributed by atoms with Crippen LogP contribution in [0.25, 0.3) is 0 Å². The van der Waals surface area contributed by atoms with Crippen LogP contribution in [0.1, 0.15) is 63.1 Å². The third-order valence-corrected chi connectivity index (χ3v) is 3.90. The molecule has 0 bridgehead atoms. The highest BCUT2D eigenvalue weighted by molar-refractivity contribution is 5.80. The second-order valence-electron chi connectivity index (χ2n) is 5.54. The molecule has 1 saturated carbocycles. The molecule has 1 fully saturated rings. The molecule has 0 spiro atoms. The molecule has 106 valence electrons. The molecule has 19 heavy (non-hydrogen) atoms. The Morgan fingerprint density at radius 2 is 2.11 bits per heavy atom. The first kappa shape index (κ1) is 14.3. The van der Waals surface area contributed by atoms with Gasteiger partial charge in [-0.1, -0.05) is 19.3 Å². The van der Waals surface area contributed by atoms with Crippen molar-refractivity contribution in [2.45, 2.75) is 63.8 Å². The smallest absolute Gasteiger partial charge is 0.138 e. The van der Waals surface area contributed by atoms with Crippen molar-refractivity contribution in [2.75, 3.05) is 6.54 Å². The summed E-state index contributed by atoms with van der Waals surface area (Å²) in [6, 6.07) is 2.55. The maximum Gasteiger partial charge on any atom is 0.138 e. The van der Waals surface area contributed by atoms with Gasteiger partial charge in [0.1, 0.15) is 5.78 Å². The van der Waals surface area contributed by atoms with Gasteiger partial charge in [0, 0.05) is 12.6 Å². The number of rotatable bonds is 7. The fourth-order valence-electron chi connectivity index (χ4n) is 2.78. The minimum absolute atomic E-state index is 0.280. The number of carbonyl (C=O) groups excluding carboxylic acids is 1. The second kappa shape index (κ2) is 7.43. The fourth-order valence-corrected chi connectivity index (χ4v) is 2.78. The normalized spacial score (nSPS) is 16.7. The van der Waals surface area contributed by atoms with Crippen LogP contribution in [0.5, 0.6) is 0 Å². The van der Waals surface area contributed by atoms with Gasteiger partial charge in [0.05, 0.1) is 18.2 Å². The summed E-state index contributed by atoms with van der Waals surface area (Å²) in [6.45, 7) is 0.670. The van der Waals surface area contributed by atoms with E-state index >= 15 is 0 Å². The van der Waals surface area contributed by atoms with Gasteiger partial charge in [-0.25, -0.2) is 0 Å². The molecule has 0 aromatic carbocycles. The fraction of sp³-hybridized carbons (Fsp3) is 0.733. The molecular weight excluding hydrogens is 238 g/mol. The maximum absolute atomic E-state index is 11.8. The average molecular weight is 263 g/mol. The molecule has 0 atom stereocenters. The Kier molecular flexibility index (Phi) is 5.58. The van der Waals surface area contributed by atoms with Gasteiger partial charge in [-0.15, -0.1) is 0 Å². The molecule has 1 aliphatic rings. The van der Waals surface area contributed by atoms with Crippen molar-refractivity contribution in [3.63, 3.8) is 0 Å². The van der Waals surface area contributed by atoms with Crippen molar-refractivity contribution in [3.05, 3.63) is 18.0 Å². The molecule has 0 amide bonds. The summed E-state index contributed by atoms with van der Waals surface area (Å²) >= 11 is 0. The lowest BCUT2D eigenvalue weighted by Crippen LogP contribution is -2.14. The van der Waals surface area contributed by atoms with Crippen LogP contribution in [0.3, 0.4) is 0 Å². The Labute approximate surface area is 115 Å². The van der Waals surface area contributed by atoms with E-state index in [1.54, 1.807) is 0 Å². The SMILES string of the molecule is NCCCCC(=O)Cc1ccn(C2CCCCC2)n1. The van der Waals surface area contributed by atoms with E-state index in [-0.39, 0.29) is 5.78 Å². The van der Waals surface area contributed by atoms with Crippen LogP contribution >= 0.6 is 0 Å². The van der Waals surface area contributed by atoms with Crippen molar-refractivity contribution < 1.29 is 4.79 Å². The first-order valence-corrected chi connectivity index (χ1v) is 7.55. The van der Waals surface area contributed by atoms with Crippen molar-refractivity contribution >= 4 is 5.78 Å². The van der Waals surface area contributed by atoms with Crippen LogP contribution in [-0.2, 0) is 11.2 Å². The molecule has 1 aromatic rings. The van der Waals surface area contributed by atoms with E-state index in [2.05, 4.69) is 9.78 Å². The zero-order valence-corrected chi connectivity index (χ0v) is 11.7. The molecule has 0 radical (unpaired) electrons. The zero-order valence-electron chi connectivity index (χ0n) is 11.7. The zero-order chi connectivity index (χ0) is 13.5. The highest BCUT2D eigenvalue weighted by Gasteiger charge is 2.16. The number of Topliss-reactive ketones (excluding diaryl/α,β-unsaturated/α-hetero) is 1. The number of hydrogen-bond acceptors (Lipinski definition) is 3. The molecule has 4 heteroatoms. The van der Waals surface area contributed by atoms with E-state index in [4.69, 9.17) is 5.73 Å². The van der Waals surface area contributed by atoms with Gasteiger partial charge in [-0.3, -0.25) is 9.48 Å². The second-order valence-corrected chi connectivity index (χ2v) is 5.54. The number of carbonyl (C=O) groups is 1. The van der Waals surface area contributed by atoms with Crippen LogP contribution < -0.4 is 5.73 Å². The topological polar surface area (TPSA) is 60.9 Å². The van der Waals surface area contributed by atoms with Gasteiger partial charge in [-0.2, -0.15) is 5.10 Å². The predicted octanol–water partition coefficient (Wildman–Crippen LogP) is 2.63. The van der Waals surface area contributed by atoms with Crippen molar-refractivity contribution in [1.82, 2.24) is 9.78 Å². The van der Waals surface area contributed by atoms with Gasteiger partial charge >= 0.3 is 0 Å². The van der Waals surface area contributed by atoms with E-state index in [1.807, 2.05) is 12.3 Å². The quantitative estimate of drug-likeness (QED) is 0.769. The molecule has 0 saturated heterocycles. The van der Waals surface area contributed by atoms with Crippen LogP contribution in [0.4, 0.5) is 0 Å². The van der Waals surface area contributed by atoms with Crippen LogP contribution in [0.15, 0.2) is 12.3 Å². The molecule has 0 aliphatic heterocycles.